The summed E-state index contributed by atoms with van der Waals surface area (Å²) in [7, 11) is 3.01. The second-order valence-corrected chi connectivity index (χ2v) is 9.87. The van der Waals surface area contributed by atoms with E-state index in [2.05, 4.69) is 20.5 Å². The second kappa shape index (κ2) is 18.8. The van der Waals surface area contributed by atoms with Crippen molar-refractivity contribution in [1.29, 1.82) is 0 Å². The van der Waals surface area contributed by atoms with Crippen molar-refractivity contribution in [2.75, 3.05) is 31.2 Å². The number of anilines is 2. The quantitative estimate of drug-likeness (QED) is 0.232. The lowest BCUT2D eigenvalue weighted by Crippen LogP contribution is -2.60. The smallest absolute Gasteiger partial charge is 0.426 e. The highest BCUT2D eigenvalue weighted by atomic mass is 19.4. The van der Waals surface area contributed by atoms with Crippen molar-refractivity contribution < 1.29 is 55.2 Å². The van der Waals surface area contributed by atoms with E-state index in [1.54, 1.807) is 38.3 Å². The molecule has 4 rings (SSSR count). The van der Waals surface area contributed by atoms with Gasteiger partial charge in [0.15, 0.2) is 0 Å². The number of carbonyl (C=O) groups is 1. The van der Waals surface area contributed by atoms with E-state index in [0.717, 1.165) is 18.6 Å². The third-order valence-corrected chi connectivity index (χ3v) is 6.77. The Bertz CT molecular complexity index is 1270. The van der Waals surface area contributed by atoms with Crippen molar-refractivity contribution in [2.24, 2.45) is 4.99 Å². The molecular weight excluding hydrogens is 647 g/mol. The molecule has 0 aliphatic carbocycles. The normalized spacial score (nSPS) is 23.7. The van der Waals surface area contributed by atoms with Crippen LogP contribution in [0.15, 0.2) is 53.5 Å². The summed E-state index contributed by atoms with van der Waals surface area (Å²) in [4.78, 5) is 17.1. The van der Waals surface area contributed by atoms with Gasteiger partial charge in [0.25, 0.3) is 0 Å². The molecule has 16 heteroatoms. The van der Waals surface area contributed by atoms with Crippen LogP contribution in [0.25, 0.3) is 0 Å². The molecule has 2 aliphatic heterocycles. The third kappa shape index (κ3) is 10.5. The number of methoxy groups -OCH3 is 2. The first-order chi connectivity index (χ1) is 22.9. The second-order valence-electron chi connectivity index (χ2n) is 9.87. The van der Waals surface area contributed by atoms with Gasteiger partial charge in [-0.3, -0.25) is 10.3 Å². The lowest BCUT2D eigenvalue weighted by molar-refractivity contribution is -0.360. The molecule has 0 aromatic heterocycles. The minimum absolute atomic E-state index is 0.410. The molecule has 1 amide bonds. The molecule has 0 spiro atoms. The van der Waals surface area contributed by atoms with E-state index in [9.17, 15) is 26.7 Å². The zero-order chi connectivity index (χ0) is 36.1. The number of alkyl halides is 5. The first-order valence-corrected chi connectivity index (χ1v) is 15.6. The molecule has 2 aromatic carbocycles. The highest BCUT2D eigenvalue weighted by Crippen LogP contribution is 2.37. The summed E-state index contributed by atoms with van der Waals surface area (Å²) in [6, 6.07) is 11.2. The van der Waals surface area contributed by atoms with Crippen molar-refractivity contribution in [3.05, 3.63) is 54.1 Å². The number of hydrogen-bond donors (Lipinski definition) is 2. The van der Waals surface area contributed by atoms with Gasteiger partial charge in [-0.05, 0) is 55.3 Å². The number of halogens is 5. The van der Waals surface area contributed by atoms with Crippen LogP contribution in [-0.2, 0) is 23.7 Å². The lowest BCUT2D eigenvalue weighted by Gasteiger charge is -2.43. The number of hydrazine groups is 1. The fourth-order valence-corrected chi connectivity index (χ4v) is 4.60. The van der Waals surface area contributed by atoms with E-state index >= 15 is 0 Å². The minimum Gasteiger partial charge on any atom is -0.426 e. The molecular formula is C32H45F5N4O7. The summed E-state index contributed by atoms with van der Waals surface area (Å²) >= 11 is 0. The Balaban J connectivity index is 0.00000193. The van der Waals surface area contributed by atoms with Crippen LogP contribution >= 0.6 is 0 Å². The Kier molecular flexibility index (Phi) is 15.9. The first kappa shape index (κ1) is 40.6. The van der Waals surface area contributed by atoms with Crippen molar-refractivity contribution >= 4 is 23.8 Å². The number of rotatable bonds is 11. The van der Waals surface area contributed by atoms with Crippen LogP contribution in [0.4, 0.5) is 38.1 Å². The van der Waals surface area contributed by atoms with E-state index in [-0.39, 0.29) is 0 Å². The Morgan fingerprint density at radius 2 is 1.54 bits per heavy atom. The van der Waals surface area contributed by atoms with E-state index in [0.29, 0.717) is 23.5 Å². The van der Waals surface area contributed by atoms with Crippen LogP contribution in [0, 0.1) is 0 Å². The molecule has 6 atom stereocenters. The molecule has 2 N–H and O–H groups in total. The maximum absolute atomic E-state index is 13.1. The van der Waals surface area contributed by atoms with Crippen molar-refractivity contribution in [2.45, 2.75) is 97.1 Å². The zero-order valence-electron chi connectivity index (χ0n) is 28.2. The SMILES string of the molecule is CC.CC.CCCOC1C(OC)[C@H](C)OC(OC(=O)Nc2ccc(C3N=CN(c4ccc(OC(F)(F)C(F)(F)F)cc4)N3)cc2)[C@@H]1OC. The fraction of sp³-hybridized carbons (Fsp3) is 0.562. The predicted octanol–water partition coefficient (Wildman–Crippen LogP) is 7.44. The summed E-state index contributed by atoms with van der Waals surface area (Å²) in [5.41, 5.74) is 4.59. The van der Waals surface area contributed by atoms with Gasteiger partial charge >= 0.3 is 18.4 Å². The number of nitrogens with zero attached hydrogens (tertiary/aromatic N) is 2. The minimum atomic E-state index is -5.84. The van der Waals surface area contributed by atoms with Gasteiger partial charge in [0, 0.05) is 26.5 Å². The summed E-state index contributed by atoms with van der Waals surface area (Å²) < 4.78 is 95.7. The van der Waals surface area contributed by atoms with E-state index in [1.807, 2.05) is 34.6 Å². The molecule has 1 fully saturated rings. The molecule has 4 unspecified atom stereocenters. The number of aliphatic imine (C=N–C) groups is 1. The summed E-state index contributed by atoms with van der Waals surface area (Å²) in [5.74, 6) is -0.656. The molecule has 2 aromatic rings. The van der Waals surface area contributed by atoms with Gasteiger partial charge in [-0.2, -0.15) is 27.4 Å². The molecule has 48 heavy (non-hydrogen) atoms. The monoisotopic (exact) mass is 692 g/mol. The average molecular weight is 693 g/mol. The van der Waals surface area contributed by atoms with Crippen LogP contribution in [0.1, 0.15) is 59.7 Å². The van der Waals surface area contributed by atoms with Gasteiger partial charge in [-0.15, -0.1) is 0 Å². The van der Waals surface area contributed by atoms with Gasteiger partial charge in [0.1, 0.15) is 36.6 Å². The molecule has 2 aliphatic rings. The highest BCUT2D eigenvalue weighted by Gasteiger charge is 2.61. The molecule has 270 valence electrons. The number of carbonyl (C=O) groups excluding carboxylic acids is 1. The number of amides is 1. The molecule has 11 nitrogen and oxygen atoms in total. The number of nitrogens with one attached hydrogen (secondary N) is 2. The van der Waals surface area contributed by atoms with Crippen LogP contribution in [0.3, 0.4) is 0 Å². The number of hydrogen-bond acceptors (Lipinski definition) is 10. The van der Waals surface area contributed by atoms with E-state index in [1.165, 1.54) is 30.6 Å². The topological polar surface area (TPSA) is 112 Å². The first-order valence-electron chi connectivity index (χ1n) is 15.6. The Hall–Kier alpha value is -3.57. The summed E-state index contributed by atoms with van der Waals surface area (Å²) in [6.07, 6.45) is -13.4. The Morgan fingerprint density at radius 1 is 0.938 bits per heavy atom. The van der Waals surface area contributed by atoms with Crippen LogP contribution in [0.5, 0.6) is 5.75 Å². The third-order valence-electron chi connectivity index (χ3n) is 6.77. The van der Waals surface area contributed by atoms with E-state index < -0.39 is 61.0 Å². The standard InChI is InChI=1S/C28H33F5N4O7.2C2H6/c1-5-14-41-22-21(39-3)16(2)42-25(23(22)40-4)43-26(38)35-18-8-6-17(7-9-18)24-34-15-37(36-24)19-10-12-20(13-11-19)44-28(32,33)27(29,30)31;2*1-2/h6-13,15-16,21-25,36H,5,14H2,1-4H3,(H,35,38);2*1-2H3/t16-,21?,22?,23+,24?,25?;;/m0../s1. The van der Waals surface area contributed by atoms with Gasteiger partial charge in [-0.1, -0.05) is 46.8 Å². The van der Waals surface area contributed by atoms with Crippen LogP contribution in [0.2, 0.25) is 0 Å². The highest BCUT2D eigenvalue weighted by molar-refractivity contribution is 5.84. The zero-order valence-corrected chi connectivity index (χ0v) is 28.2. The largest absolute Gasteiger partial charge is 0.499 e. The van der Waals surface area contributed by atoms with Crippen LogP contribution in [-0.4, -0.2) is 76.2 Å². The van der Waals surface area contributed by atoms with Gasteiger partial charge in [0.2, 0.25) is 6.29 Å². The molecule has 2 heterocycles. The van der Waals surface area contributed by atoms with Gasteiger partial charge in [-0.25, -0.2) is 9.79 Å². The molecule has 0 bridgehead atoms. The van der Waals surface area contributed by atoms with Crippen molar-refractivity contribution in [3.8, 4) is 5.75 Å². The maximum Gasteiger partial charge on any atom is 0.499 e. The van der Waals surface area contributed by atoms with E-state index in [4.69, 9.17) is 23.7 Å². The van der Waals surface area contributed by atoms with Crippen molar-refractivity contribution in [3.63, 3.8) is 0 Å². The Morgan fingerprint density at radius 3 is 2.08 bits per heavy atom. The van der Waals surface area contributed by atoms with Crippen LogP contribution < -0.4 is 20.5 Å². The average Bonchev–Trinajstić information content (AvgIpc) is 3.56. The van der Waals surface area contributed by atoms with Gasteiger partial charge in [0.05, 0.1) is 11.8 Å². The summed E-state index contributed by atoms with van der Waals surface area (Å²) in [6.45, 7) is 12.2. The lowest BCUT2D eigenvalue weighted by atomic mass is 9.99. The summed E-state index contributed by atoms with van der Waals surface area (Å²) in [5, 5.41) is 4.10. The number of ether oxygens (including phenoxy) is 6. The molecule has 0 radical (unpaired) electrons. The number of benzene rings is 2. The fourth-order valence-electron chi connectivity index (χ4n) is 4.60. The van der Waals surface area contributed by atoms with Crippen molar-refractivity contribution in [1.82, 2.24) is 5.43 Å². The Labute approximate surface area is 277 Å². The predicted molar refractivity (Wildman–Crippen MR) is 170 cm³/mol. The van der Waals surface area contributed by atoms with Gasteiger partial charge < -0.3 is 28.4 Å². The molecule has 1 saturated heterocycles. The molecule has 0 saturated carbocycles. The maximum atomic E-state index is 13.1.